The quantitative estimate of drug-likeness (QED) is 0.0957. The lowest BCUT2D eigenvalue weighted by atomic mass is 10.2. The van der Waals surface area contributed by atoms with Gasteiger partial charge in [-0.1, -0.05) is 12.2 Å². The van der Waals surface area contributed by atoms with Gasteiger partial charge in [0.15, 0.2) is 17.9 Å². The molecule has 1 saturated heterocycles. The van der Waals surface area contributed by atoms with Crippen LogP contribution in [0.25, 0.3) is 0 Å². The van der Waals surface area contributed by atoms with Gasteiger partial charge in [-0.15, -0.1) is 0 Å². The number of carbonyl (C=O) groups is 1. The highest BCUT2D eigenvalue weighted by molar-refractivity contribution is 7.81. The van der Waals surface area contributed by atoms with Crippen molar-refractivity contribution in [1.29, 1.82) is 10.9 Å². The van der Waals surface area contributed by atoms with Gasteiger partial charge in [0.2, 0.25) is 0 Å². The molecule has 0 bridgehead atoms. The van der Waals surface area contributed by atoms with Crippen molar-refractivity contribution in [2.75, 3.05) is 44.2 Å². The maximum Gasteiger partial charge on any atom is 0.177 e. The normalized spacial score (nSPS) is 15.1. The Bertz CT molecular complexity index is 801. The Morgan fingerprint density at radius 2 is 1.93 bits per heavy atom. The van der Waals surface area contributed by atoms with Crippen molar-refractivity contribution in [3.05, 3.63) is 35.7 Å². The van der Waals surface area contributed by atoms with Crippen molar-refractivity contribution in [3.8, 4) is 0 Å². The molecule has 0 spiro atoms. The van der Waals surface area contributed by atoms with Crippen LogP contribution in [0.1, 0.15) is 0 Å². The van der Waals surface area contributed by atoms with E-state index in [1.165, 1.54) is 23.6 Å². The van der Waals surface area contributed by atoms with Crippen molar-refractivity contribution in [3.63, 3.8) is 0 Å². The molecule has 1 fully saturated rings. The summed E-state index contributed by atoms with van der Waals surface area (Å²) < 4.78 is 29.2. The number of piperazine rings is 1. The molecule has 2 rings (SSSR count). The number of halogens is 2. The number of rotatable bonds is 9. The predicted octanol–water partition coefficient (Wildman–Crippen LogP) is 0.206. The van der Waals surface area contributed by atoms with Gasteiger partial charge in [0.05, 0.1) is 13.1 Å². The third kappa shape index (κ3) is 6.62. The second-order valence-electron chi connectivity index (χ2n) is 6.39. The van der Waals surface area contributed by atoms with Crippen LogP contribution in [0, 0.1) is 22.6 Å². The highest BCUT2D eigenvalue weighted by Crippen LogP contribution is 2.26. The summed E-state index contributed by atoms with van der Waals surface area (Å²) in [7, 11) is 0. The van der Waals surface area contributed by atoms with Gasteiger partial charge in [-0.05, 0) is 0 Å². The summed E-state index contributed by atoms with van der Waals surface area (Å²) in [6.07, 6.45) is 1.88. The smallest absolute Gasteiger partial charge is 0.177 e. The zero-order chi connectivity index (χ0) is 21.4. The largest absolute Gasteiger partial charge is 0.387 e. The van der Waals surface area contributed by atoms with Crippen LogP contribution in [0.2, 0.25) is 0 Å². The molecule has 0 aliphatic carbocycles. The molecule has 156 valence electrons. The molecular weight excluding hydrogens is 402 g/mol. The minimum Gasteiger partial charge on any atom is -0.387 e. The Morgan fingerprint density at radius 3 is 2.45 bits per heavy atom. The SMILES string of the molecule is N=N/C(=C\[NH2+]c1cc(F)c(N2CCN(CC(=N)N)CC2)c(F)c1)CNC(=S)C=O. The number of nitrogens with zero attached hydrogens (tertiary/aromatic N) is 3. The second-order valence-corrected chi connectivity index (χ2v) is 6.83. The molecule has 1 aliphatic heterocycles. The number of benzene rings is 1. The number of carbonyl (C=O) groups excluding carboxylic acids is 1. The van der Waals surface area contributed by atoms with E-state index >= 15 is 0 Å². The van der Waals surface area contributed by atoms with Crippen LogP contribution in [0.3, 0.4) is 0 Å². The molecule has 0 atom stereocenters. The van der Waals surface area contributed by atoms with Gasteiger partial charge in [0, 0.05) is 38.3 Å². The maximum atomic E-state index is 14.6. The molecule has 0 amide bonds. The molecule has 1 aliphatic rings. The summed E-state index contributed by atoms with van der Waals surface area (Å²) in [4.78, 5) is 14.0. The number of anilines is 1. The number of hydrogen-bond donors (Lipinski definition) is 5. The molecule has 0 aromatic heterocycles. The first-order chi connectivity index (χ1) is 13.8. The van der Waals surface area contributed by atoms with Gasteiger partial charge in [-0.3, -0.25) is 20.4 Å². The average Bonchev–Trinajstić information content (AvgIpc) is 2.68. The first kappa shape index (κ1) is 22.5. The molecule has 9 nitrogen and oxygen atoms in total. The van der Waals surface area contributed by atoms with E-state index in [4.69, 9.17) is 28.9 Å². The first-order valence-electron chi connectivity index (χ1n) is 8.77. The molecular formula is C17H23F2N8OS+. The van der Waals surface area contributed by atoms with E-state index in [1.807, 2.05) is 4.90 Å². The molecule has 1 aromatic rings. The van der Waals surface area contributed by atoms with Gasteiger partial charge in [-0.25, -0.2) is 14.3 Å². The predicted molar refractivity (Wildman–Crippen MR) is 108 cm³/mol. The lowest BCUT2D eigenvalue weighted by molar-refractivity contribution is -0.497. The van der Waals surface area contributed by atoms with Crippen molar-refractivity contribution >= 4 is 40.7 Å². The van der Waals surface area contributed by atoms with Crippen molar-refractivity contribution in [2.24, 2.45) is 10.8 Å². The van der Waals surface area contributed by atoms with E-state index in [1.54, 1.807) is 4.90 Å². The first-order valence-corrected chi connectivity index (χ1v) is 9.18. The van der Waals surface area contributed by atoms with Crippen LogP contribution >= 0.6 is 12.2 Å². The molecule has 7 N–H and O–H groups in total. The molecule has 1 heterocycles. The van der Waals surface area contributed by atoms with Crippen LogP contribution in [0.4, 0.5) is 20.2 Å². The Morgan fingerprint density at radius 1 is 1.31 bits per heavy atom. The number of nitrogens with one attached hydrogen (secondary N) is 3. The highest BCUT2D eigenvalue weighted by Gasteiger charge is 2.24. The van der Waals surface area contributed by atoms with E-state index in [0.29, 0.717) is 39.0 Å². The fourth-order valence-electron chi connectivity index (χ4n) is 2.90. The zero-order valence-corrected chi connectivity index (χ0v) is 16.4. The van der Waals surface area contributed by atoms with E-state index in [-0.39, 0.29) is 34.4 Å². The lowest BCUT2D eigenvalue weighted by Gasteiger charge is -2.36. The fourth-order valence-corrected chi connectivity index (χ4v) is 2.97. The highest BCUT2D eigenvalue weighted by atomic mass is 32.1. The fraction of sp³-hybridized carbons (Fsp3) is 0.353. The Labute approximate surface area is 171 Å². The number of aldehydes is 1. The molecule has 0 unspecified atom stereocenters. The zero-order valence-electron chi connectivity index (χ0n) is 15.6. The van der Waals surface area contributed by atoms with E-state index in [9.17, 15) is 13.6 Å². The van der Waals surface area contributed by atoms with Gasteiger partial charge < -0.3 is 16.0 Å². The van der Waals surface area contributed by atoms with Crippen molar-refractivity contribution in [2.45, 2.75) is 0 Å². The van der Waals surface area contributed by atoms with E-state index in [0.717, 1.165) is 0 Å². The molecule has 1 aromatic carbocycles. The number of hydrogen-bond acceptors (Lipinski definition) is 7. The summed E-state index contributed by atoms with van der Waals surface area (Å²) in [6, 6.07) is 2.42. The minimum absolute atomic E-state index is 0.0237. The maximum absolute atomic E-state index is 14.6. The van der Waals surface area contributed by atoms with E-state index in [2.05, 4.69) is 10.4 Å². The third-order valence-corrected chi connectivity index (χ3v) is 4.52. The number of thiocarbonyl (C=S) groups is 1. The Hall–Kier alpha value is -2.83. The molecule has 12 heteroatoms. The van der Waals surface area contributed by atoms with Crippen molar-refractivity contribution < 1.29 is 18.9 Å². The van der Waals surface area contributed by atoms with Crippen LogP contribution in [-0.2, 0) is 4.79 Å². The Balaban J connectivity index is 2.04. The summed E-state index contributed by atoms with van der Waals surface area (Å²) in [5.41, 5.74) is 12.9. The minimum atomic E-state index is -0.686. The molecule has 0 radical (unpaired) electrons. The van der Waals surface area contributed by atoms with Crippen LogP contribution in [0.5, 0.6) is 0 Å². The van der Waals surface area contributed by atoms with Gasteiger partial charge in [-0.2, -0.15) is 5.11 Å². The number of nitrogens with two attached hydrogens (primary N) is 2. The van der Waals surface area contributed by atoms with Gasteiger partial charge in [0.1, 0.15) is 34.1 Å². The summed E-state index contributed by atoms with van der Waals surface area (Å²) >= 11 is 4.69. The monoisotopic (exact) mass is 425 g/mol. The standard InChI is InChI=1S/C17H22F2N8OS/c18-13-5-11(23-7-12(25-22)8-24-16(29)10-28)6-14(19)17(13)27-3-1-26(2-4-27)9-15(20)21/h5-7,10,22-23H,1-4,8-9H2,(H3,20,21)(H,24,29)/p+1/b12-7-,25-22?. The summed E-state index contributed by atoms with van der Waals surface area (Å²) in [5.74, 6) is -1.31. The third-order valence-electron chi connectivity index (χ3n) is 4.28. The molecule has 0 saturated carbocycles. The Kier molecular flexibility index (Phi) is 8.24. The van der Waals surface area contributed by atoms with Gasteiger partial charge in [0.25, 0.3) is 0 Å². The van der Waals surface area contributed by atoms with Gasteiger partial charge >= 0.3 is 0 Å². The number of quaternary nitrogens is 1. The van der Waals surface area contributed by atoms with Crippen LogP contribution in [-0.4, -0.2) is 61.3 Å². The van der Waals surface area contributed by atoms with Crippen molar-refractivity contribution in [1.82, 2.24) is 10.2 Å². The van der Waals surface area contributed by atoms with Crippen LogP contribution in [0.15, 0.2) is 29.1 Å². The average molecular weight is 425 g/mol. The second kappa shape index (κ2) is 10.6. The number of amidine groups is 1. The summed E-state index contributed by atoms with van der Waals surface area (Å²) in [6.45, 7) is 2.35. The van der Waals surface area contributed by atoms with E-state index < -0.39 is 11.6 Å². The summed E-state index contributed by atoms with van der Waals surface area (Å²) in [5, 5.41) is 14.6. The lowest BCUT2D eigenvalue weighted by Crippen LogP contribution is -2.71. The molecule has 29 heavy (non-hydrogen) atoms. The topological polar surface area (TPSA) is 138 Å². The van der Waals surface area contributed by atoms with Crippen LogP contribution < -0.4 is 21.3 Å².